The third kappa shape index (κ3) is 3.10. The standard InChI is InChI=1S/C21H15F3N4O2/c1-10-14-7-13(22)3-5-15(14)27-19(29)17(10)21(23,24)20(30)28-16-4-2-12-6-11(8-25)9-26-18(12)16/h3,5-7,9,16H,2,4H2,1H3,(H,27,29)(H,28,30)/t16-/m1/s1. The summed E-state index contributed by atoms with van der Waals surface area (Å²) >= 11 is 0. The zero-order chi connectivity index (χ0) is 21.6. The van der Waals surface area contributed by atoms with Crippen LogP contribution in [0.3, 0.4) is 0 Å². The summed E-state index contributed by atoms with van der Waals surface area (Å²) < 4.78 is 43.7. The molecule has 30 heavy (non-hydrogen) atoms. The summed E-state index contributed by atoms with van der Waals surface area (Å²) in [6.45, 7) is 1.25. The predicted molar refractivity (Wildman–Crippen MR) is 101 cm³/mol. The number of nitrogens with zero attached hydrogens (tertiary/aromatic N) is 2. The number of aromatic amines is 1. The number of alkyl halides is 2. The molecule has 6 nitrogen and oxygen atoms in total. The summed E-state index contributed by atoms with van der Waals surface area (Å²) in [7, 11) is 0. The molecule has 2 heterocycles. The van der Waals surface area contributed by atoms with E-state index in [9.17, 15) is 14.0 Å². The topological polar surface area (TPSA) is 98.6 Å². The van der Waals surface area contributed by atoms with Crippen LogP contribution in [0, 0.1) is 24.1 Å². The summed E-state index contributed by atoms with van der Waals surface area (Å²) in [5.41, 5.74) is -0.642. The van der Waals surface area contributed by atoms with Crippen molar-refractivity contribution in [2.45, 2.75) is 31.7 Å². The number of rotatable bonds is 3. The van der Waals surface area contributed by atoms with Crippen LogP contribution in [0.5, 0.6) is 0 Å². The van der Waals surface area contributed by atoms with Gasteiger partial charge in [0.05, 0.1) is 22.9 Å². The number of nitriles is 1. The zero-order valence-electron chi connectivity index (χ0n) is 15.7. The highest BCUT2D eigenvalue weighted by Crippen LogP contribution is 2.34. The Morgan fingerprint density at radius 3 is 2.87 bits per heavy atom. The van der Waals surface area contributed by atoms with Crippen LogP contribution >= 0.6 is 0 Å². The first-order valence-corrected chi connectivity index (χ1v) is 9.12. The predicted octanol–water partition coefficient (Wildman–Crippen LogP) is 3.14. The first kappa shape index (κ1) is 19.6. The van der Waals surface area contributed by atoms with Crippen molar-refractivity contribution in [3.8, 4) is 6.07 Å². The van der Waals surface area contributed by atoms with Gasteiger partial charge in [-0.05, 0) is 55.2 Å². The maximum atomic E-state index is 15.1. The number of amides is 1. The molecule has 1 aliphatic rings. The second-order valence-electron chi connectivity index (χ2n) is 7.16. The van der Waals surface area contributed by atoms with E-state index in [-0.39, 0.29) is 16.5 Å². The molecule has 0 bridgehead atoms. The van der Waals surface area contributed by atoms with Gasteiger partial charge in [0.2, 0.25) is 0 Å². The summed E-state index contributed by atoms with van der Waals surface area (Å²) in [5.74, 6) is -6.44. The highest BCUT2D eigenvalue weighted by molar-refractivity contribution is 5.89. The molecule has 0 radical (unpaired) electrons. The van der Waals surface area contributed by atoms with Gasteiger partial charge in [-0.3, -0.25) is 14.6 Å². The minimum Gasteiger partial charge on any atom is -0.342 e. The third-order valence-electron chi connectivity index (χ3n) is 5.30. The minimum absolute atomic E-state index is 0.0917. The van der Waals surface area contributed by atoms with Crippen LogP contribution in [-0.2, 0) is 17.1 Å². The molecular weight excluding hydrogens is 397 g/mol. The number of H-pyrrole nitrogens is 1. The van der Waals surface area contributed by atoms with Crippen LogP contribution in [0.2, 0.25) is 0 Å². The molecular formula is C21H15F3N4O2. The number of hydrogen-bond donors (Lipinski definition) is 2. The Kier molecular flexibility index (Phi) is 4.57. The molecule has 152 valence electrons. The number of pyridine rings is 2. The number of nitrogens with one attached hydrogen (secondary N) is 2. The van der Waals surface area contributed by atoms with Gasteiger partial charge in [-0.15, -0.1) is 0 Å². The van der Waals surface area contributed by atoms with Crippen molar-refractivity contribution < 1.29 is 18.0 Å². The number of aromatic nitrogens is 2. The van der Waals surface area contributed by atoms with Crippen molar-refractivity contribution >= 4 is 16.8 Å². The van der Waals surface area contributed by atoms with Gasteiger partial charge in [-0.1, -0.05) is 0 Å². The molecule has 3 aromatic rings. The number of fused-ring (bicyclic) bond motifs is 2. The van der Waals surface area contributed by atoms with Gasteiger partial charge in [0.15, 0.2) is 0 Å². The van der Waals surface area contributed by atoms with Crippen LogP contribution in [0.15, 0.2) is 35.3 Å². The molecule has 2 aromatic heterocycles. The van der Waals surface area contributed by atoms with Crippen molar-refractivity contribution in [2.24, 2.45) is 0 Å². The Bertz CT molecular complexity index is 1290. The summed E-state index contributed by atoms with van der Waals surface area (Å²) in [5, 5.41) is 11.3. The van der Waals surface area contributed by atoms with E-state index in [0.29, 0.717) is 29.7 Å². The number of carbonyl (C=O) groups excluding carboxylic acids is 1. The second-order valence-corrected chi connectivity index (χ2v) is 7.16. The van der Waals surface area contributed by atoms with Crippen molar-refractivity contribution in [2.75, 3.05) is 0 Å². The average Bonchev–Trinajstić information content (AvgIpc) is 3.10. The Labute approximate surface area is 168 Å². The molecule has 0 spiro atoms. The quantitative estimate of drug-likeness (QED) is 0.691. The van der Waals surface area contributed by atoms with Crippen molar-refractivity contribution in [3.63, 3.8) is 0 Å². The molecule has 0 unspecified atom stereocenters. The SMILES string of the molecule is Cc1c(C(F)(F)C(=O)N[C@@H]2CCc3cc(C#N)cnc32)c(=O)[nH]c2ccc(F)cc12. The molecule has 0 saturated carbocycles. The Balaban J connectivity index is 1.69. The summed E-state index contributed by atoms with van der Waals surface area (Å²) in [4.78, 5) is 31.2. The molecule has 9 heteroatoms. The lowest BCUT2D eigenvalue weighted by Gasteiger charge is -2.21. The zero-order valence-corrected chi connectivity index (χ0v) is 15.7. The van der Waals surface area contributed by atoms with Gasteiger partial charge in [0.25, 0.3) is 11.5 Å². The van der Waals surface area contributed by atoms with Crippen LogP contribution in [0.1, 0.15) is 40.4 Å². The van der Waals surface area contributed by atoms with E-state index in [1.807, 2.05) is 6.07 Å². The van der Waals surface area contributed by atoms with Gasteiger partial charge >= 0.3 is 5.92 Å². The fourth-order valence-corrected chi connectivity index (χ4v) is 3.84. The van der Waals surface area contributed by atoms with Crippen LogP contribution in [0.25, 0.3) is 10.9 Å². The molecule has 1 atom stereocenters. The first-order valence-electron chi connectivity index (χ1n) is 9.12. The van der Waals surface area contributed by atoms with Crippen LogP contribution in [-0.4, -0.2) is 15.9 Å². The molecule has 4 rings (SSSR count). The molecule has 1 amide bonds. The summed E-state index contributed by atoms with van der Waals surface area (Å²) in [6.07, 6.45) is 2.13. The number of hydrogen-bond acceptors (Lipinski definition) is 4. The number of benzene rings is 1. The molecule has 1 aromatic carbocycles. The van der Waals surface area contributed by atoms with E-state index in [1.54, 1.807) is 6.07 Å². The van der Waals surface area contributed by atoms with E-state index < -0.39 is 34.8 Å². The number of carbonyl (C=O) groups is 1. The average molecular weight is 412 g/mol. The maximum Gasteiger partial charge on any atom is 0.355 e. The fraction of sp³-hybridized carbons (Fsp3) is 0.238. The van der Waals surface area contributed by atoms with E-state index in [2.05, 4.69) is 15.3 Å². The highest BCUT2D eigenvalue weighted by atomic mass is 19.3. The van der Waals surface area contributed by atoms with E-state index in [0.717, 1.165) is 12.1 Å². The third-order valence-corrected chi connectivity index (χ3v) is 5.30. The largest absolute Gasteiger partial charge is 0.355 e. The fourth-order valence-electron chi connectivity index (χ4n) is 3.84. The lowest BCUT2D eigenvalue weighted by Crippen LogP contribution is -2.43. The lowest BCUT2D eigenvalue weighted by molar-refractivity contribution is -0.148. The van der Waals surface area contributed by atoms with Gasteiger partial charge < -0.3 is 10.3 Å². The Morgan fingerprint density at radius 1 is 1.37 bits per heavy atom. The van der Waals surface area contributed by atoms with Gasteiger partial charge in [0.1, 0.15) is 11.9 Å². The number of aryl methyl sites for hydroxylation is 2. The molecule has 0 fully saturated rings. The van der Waals surface area contributed by atoms with Crippen molar-refractivity contribution in [1.29, 1.82) is 5.26 Å². The monoisotopic (exact) mass is 412 g/mol. The second kappa shape index (κ2) is 6.99. The lowest BCUT2D eigenvalue weighted by atomic mass is 9.99. The van der Waals surface area contributed by atoms with Crippen molar-refractivity contribution in [3.05, 3.63) is 74.6 Å². The van der Waals surface area contributed by atoms with Crippen LogP contribution < -0.4 is 10.9 Å². The van der Waals surface area contributed by atoms with Gasteiger partial charge in [-0.25, -0.2) is 4.39 Å². The molecule has 0 aliphatic heterocycles. The smallest absolute Gasteiger partial charge is 0.342 e. The van der Waals surface area contributed by atoms with E-state index in [4.69, 9.17) is 5.26 Å². The molecule has 2 N–H and O–H groups in total. The van der Waals surface area contributed by atoms with Crippen LogP contribution in [0.4, 0.5) is 13.2 Å². The summed E-state index contributed by atoms with van der Waals surface area (Å²) in [6, 6.07) is 6.21. The normalized spacial score (nSPS) is 15.6. The minimum atomic E-state index is -4.15. The van der Waals surface area contributed by atoms with E-state index in [1.165, 1.54) is 19.2 Å². The van der Waals surface area contributed by atoms with Gasteiger partial charge in [-0.2, -0.15) is 14.0 Å². The maximum absolute atomic E-state index is 15.1. The Hall–Kier alpha value is -3.67. The van der Waals surface area contributed by atoms with Gasteiger partial charge in [0, 0.05) is 17.1 Å². The number of halogens is 3. The first-order chi connectivity index (χ1) is 14.2. The Morgan fingerprint density at radius 2 is 2.13 bits per heavy atom. The molecule has 1 aliphatic carbocycles. The highest BCUT2D eigenvalue weighted by Gasteiger charge is 2.46. The van der Waals surface area contributed by atoms with E-state index >= 15 is 8.78 Å². The molecule has 0 saturated heterocycles. The van der Waals surface area contributed by atoms with Crippen molar-refractivity contribution in [1.82, 2.24) is 15.3 Å².